The summed E-state index contributed by atoms with van der Waals surface area (Å²) < 4.78 is 6.95. The first-order valence-electron chi connectivity index (χ1n) is 5.50. The number of amides is 1. The minimum atomic E-state index is -0.183. The van der Waals surface area contributed by atoms with Crippen molar-refractivity contribution in [1.29, 1.82) is 0 Å². The maximum Gasteiger partial charge on any atom is 0.255 e. The van der Waals surface area contributed by atoms with Crippen LogP contribution in [0.15, 0.2) is 51.4 Å². The molecule has 0 atom stereocenters. The van der Waals surface area contributed by atoms with Gasteiger partial charge in [-0.2, -0.15) is 0 Å². The van der Waals surface area contributed by atoms with Crippen molar-refractivity contribution in [3.8, 4) is 5.75 Å². The van der Waals surface area contributed by atoms with Crippen LogP contribution in [0, 0.1) is 0 Å². The predicted molar refractivity (Wildman–Crippen MR) is 82.8 cm³/mol. The number of halogens is 2. The Labute approximate surface area is 128 Å². The normalized spacial score (nSPS) is 10.1. The van der Waals surface area contributed by atoms with Crippen LogP contribution in [0.1, 0.15) is 10.4 Å². The van der Waals surface area contributed by atoms with Crippen molar-refractivity contribution >= 4 is 43.5 Å². The highest BCUT2D eigenvalue weighted by atomic mass is 79.9. The van der Waals surface area contributed by atoms with E-state index in [1.165, 1.54) is 0 Å². The summed E-state index contributed by atoms with van der Waals surface area (Å²) in [5.74, 6) is 0.434. The van der Waals surface area contributed by atoms with Gasteiger partial charge in [-0.3, -0.25) is 4.79 Å². The molecular weight excluding hydrogens is 374 g/mol. The molecule has 2 rings (SSSR count). The minimum absolute atomic E-state index is 0.183. The molecule has 2 aromatic carbocycles. The van der Waals surface area contributed by atoms with Crippen LogP contribution >= 0.6 is 31.9 Å². The lowest BCUT2D eigenvalue weighted by molar-refractivity contribution is 0.102. The third kappa shape index (κ3) is 3.58. The molecule has 0 aromatic heterocycles. The maximum absolute atomic E-state index is 12.1. The molecule has 0 fully saturated rings. The van der Waals surface area contributed by atoms with E-state index in [-0.39, 0.29) is 5.91 Å². The smallest absolute Gasteiger partial charge is 0.255 e. The fourth-order valence-electron chi connectivity index (χ4n) is 1.60. The van der Waals surface area contributed by atoms with Crippen molar-refractivity contribution < 1.29 is 9.53 Å². The van der Waals surface area contributed by atoms with Crippen molar-refractivity contribution in [2.75, 3.05) is 12.4 Å². The first-order chi connectivity index (χ1) is 9.10. The van der Waals surface area contributed by atoms with E-state index in [4.69, 9.17) is 4.74 Å². The minimum Gasteiger partial charge on any atom is -0.495 e. The predicted octanol–water partition coefficient (Wildman–Crippen LogP) is 4.47. The van der Waals surface area contributed by atoms with E-state index in [2.05, 4.69) is 37.2 Å². The molecule has 19 heavy (non-hydrogen) atoms. The highest BCUT2D eigenvalue weighted by Gasteiger charge is 2.10. The first-order valence-corrected chi connectivity index (χ1v) is 7.09. The SMILES string of the molecule is COc1ccc(Br)cc1NC(=O)c1cccc(Br)c1. The van der Waals surface area contributed by atoms with Crippen LogP contribution in [0.3, 0.4) is 0 Å². The summed E-state index contributed by atoms with van der Waals surface area (Å²) in [5.41, 5.74) is 1.21. The largest absolute Gasteiger partial charge is 0.495 e. The molecule has 0 aliphatic rings. The summed E-state index contributed by atoms with van der Waals surface area (Å²) in [4.78, 5) is 12.1. The molecule has 98 valence electrons. The molecule has 1 N–H and O–H groups in total. The van der Waals surface area contributed by atoms with Gasteiger partial charge in [0.1, 0.15) is 5.75 Å². The molecular formula is C14H11Br2NO2. The monoisotopic (exact) mass is 383 g/mol. The Morgan fingerprint density at radius 2 is 1.84 bits per heavy atom. The second-order valence-electron chi connectivity index (χ2n) is 3.81. The van der Waals surface area contributed by atoms with Gasteiger partial charge in [-0.05, 0) is 36.4 Å². The molecule has 3 nitrogen and oxygen atoms in total. The van der Waals surface area contributed by atoms with Gasteiger partial charge < -0.3 is 10.1 Å². The van der Waals surface area contributed by atoms with Gasteiger partial charge in [-0.15, -0.1) is 0 Å². The van der Waals surface area contributed by atoms with E-state index in [0.717, 1.165) is 8.95 Å². The molecule has 0 radical (unpaired) electrons. The molecule has 0 spiro atoms. The number of methoxy groups -OCH3 is 1. The Balaban J connectivity index is 2.26. The second-order valence-corrected chi connectivity index (χ2v) is 5.64. The Morgan fingerprint density at radius 1 is 1.11 bits per heavy atom. The number of rotatable bonds is 3. The molecule has 0 heterocycles. The van der Waals surface area contributed by atoms with Gasteiger partial charge in [0.25, 0.3) is 5.91 Å². The number of carbonyl (C=O) groups excluding carboxylic acids is 1. The first kappa shape index (κ1) is 14.1. The Kier molecular flexibility index (Phi) is 4.61. The summed E-state index contributed by atoms with van der Waals surface area (Å²) in [7, 11) is 1.57. The fraction of sp³-hybridized carbons (Fsp3) is 0.0714. The lowest BCUT2D eigenvalue weighted by Gasteiger charge is -2.10. The molecule has 1 amide bonds. The zero-order valence-corrected chi connectivity index (χ0v) is 13.3. The van der Waals surface area contributed by atoms with Crippen molar-refractivity contribution in [2.45, 2.75) is 0 Å². The summed E-state index contributed by atoms with van der Waals surface area (Å²) in [6.07, 6.45) is 0. The van der Waals surface area contributed by atoms with Crippen LogP contribution in [0.5, 0.6) is 5.75 Å². The van der Waals surface area contributed by atoms with Crippen molar-refractivity contribution in [1.82, 2.24) is 0 Å². The number of ether oxygens (including phenoxy) is 1. The quantitative estimate of drug-likeness (QED) is 0.847. The molecule has 2 aromatic rings. The van der Waals surface area contributed by atoms with E-state index >= 15 is 0 Å². The van der Waals surface area contributed by atoms with Crippen molar-refractivity contribution in [3.63, 3.8) is 0 Å². The number of hydrogen-bond acceptors (Lipinski definition) is 2. The number of carbonyl (C=O) groups is 1. The molecule has 0 aliphatic carbocycles. The number of benzene rings is 2. The van der Waals surface area contributed by atoms with Crippen molar-refractivity contribution in [2.24, 2.45) is 0 Å². The lowest BCUT2D eigenvalue weighted by Crippen LogP contribution is -2.12. The fourth-order valence-corrected chi connectivity index (χ4v) is 2.36. The number of nitrogens with one attached hydrogen (secondary N) is 1. The zero-order valence-electron chi connectivity index (χ0n) is 10.1. The van der Waals surface area contributed by atoms with Gasteiger partial charge in [0.15, 0.2) is 0 Å². The lowest BCUT2D eigenvalue weighted by atomic mass is 10.2. The molecule has 0 saturated carbocycles. The van der Waals surface area contributed by atoms with Crippen molar-refractivity contribution in [3.05, 3.63) is 57.0 Å². The molecule has 5 heteroatoms. The standard InChI is InChI=1S/C14H11Br2NO2/c1-19-13-6-5-11(16)8-12(13)17-14(18)9-3-2-4-10(15)7-9/h2-8H,1H3,(H,17,18). The van der Waals surface area contributed by atoms with E-state index in [0.29, 0.717) is 17.0 Å². The Bertz CT molecular complexity index is 614. The van der Waals surface area contributed by atoms with E-state index in [1.807, 2.05) is 18.2 Å². The Hall–Kier alpha value is -1.33. The van der Waals surface area contributed by atoms with Crippen LogP contribution in [-0.2, 0) is 0 Å². The highest BCUT2D eigenvalue weighted by Crippen LogP contribution is 2.28. The second kappa shape index (κ2) is 6.21. The maximum atomic E-state index is 12.1. The van der Waals surface area contributed by atoms with E-state index in [1.54, 1.807) is 31.4 Å². The van der Waals surface area contributed by atoms with E-state index < -0.39 is 0 Å². The van der Waals surface area contributed by atoms with Crippen LogP contribution < -0.4 is 10.1 Å². The third-order valence-electron chi connectivity index (χ3n) is 2.50. The number of hydrogen-bond donors (Lipinski definition) is 1. The Morgan fingerprint density at radius 3 is 2.53 bits per heavy atom. The summed E-state index contributed by atoms with van der Waals surface area (Å²) in [5, 5.41) is 2.83. The van der Waals surface area contributed by atoms with Gasteiger partial charge >= 0.3 is 0 Å². The van der Waals surface area contributed by atoms with Crippen LogP contribution in [0.25, 0.3) is 0 Å². The summed E-state index contributed by atoms with van der Waals surface area (Å²) in [6, 6.07) is 12.7. The summed E-state index contributed by atoms with van der Waals surface area (Å²) >= 11 is 6.71. The van der Waals surface area contributed by atoms with E-state index in [9.17, 15) is 4.79 Å². The third-order valence-corrected chi connectivity index (χ3v) is 3.48. The zero-order chi connectivity index (χ0) is 13.8. The van der Waals surface area contributed by atoms with Crippen LogP contribution in [0.2, 0.25) is 0 Å². The summed E-state index contributed by atoms with van der Waals surface area (Å²) in [6.45, 7) is 0. The molecule has 0 unspecified atom stereocenters. The van der Waals surface area contributed by atoms with Gasteiger partial charge in [-0.1, -0.05) is 37.9 Å². The van der Waals surface area contributed by atoms with Crippen LogP contribution in [0.4, 0.5) is 5.69 Å². The molecule has 0 bridgehead atoms. The number of anilines is 1. The van der Waals surface area contributed by atoms with Gasteiger partial charge in [0.2, 0.25) is 0 Å². The highest BCUT2D eigenvalue weighted by molar-refractivity contribution is 9.10. The van der Waals surface area contributed by atoms with Gasteiger partial charge in [0, 0.05) is 14.5 Å². The van der Waals surface area contributed by atoms with Gasteiger partial charge in [0.05, 0.1) is 12.8 Å². The van der Waals surface area contributed by atoms with Gasteiger partial charge in [-0.25, -0.2) is 0 Å². The average molecular weight is 385 g/mol. The molecule has 0 saturated heterocycles. The molecule has 0 aliphatic heterocycles. The van der Waals surface area contributed by atoms with Crippen LogP contribution in [-0.4, -0.2) is 13.0 Å². The topological polar surface area (TPSA) is 38.3 Å². The average Bonchev–Trinajstić information content (AvgIpc) is 2.39.